The Labute approximate surface area is 115 Å². The van der Waals surface area contributed by atoms with Crippen LogP contribution in [0.1, 0.15) is 18.4 Å². The van der Waals surface area contributed by atoms with E-state index >= 15 is 0 Å². The van der Waals surface area contributed by atoms with E-state index in [1.165, 1.54) is 6.33 Å². The summed E-state index contributed by atoms with van der Waals surface area (Å²) in [5.74, 6) is 0.456. The van der Waals surface area contributed by atoms with E-state index < -0.39 is 5.41 Å². The Balaban J connectivity index is 1.86. The Bertz CT molecular complexity index is 611. The van der Waals surface area contributed by atoms with Crippen LogP contribution in [0.2, 0.25) is 5.02 Å². The molecule has 4 nitrogen and oxygen atoms in total. The lowest BCUT2D eigenvalue weighted by Gasteiger charge is -2.16. The average molecular weight is 274 g/mol. The van der Waals surface area contributed by atoms with Crippen molar-refractivity contribution in [3.8, 4) is 0 Å². The Morgan fingerprint density at radius 1 is 1.26 bits per heavy atom. The maximum Gasteiger partial charge on any atom is 0.236 e. The number of nitrogens with one attached hydrogen (secondary N) is 1. The molecule has 0 bridgehead atoms. The maximum atomic E-state index is 12.4. The molecule has 1 fully saturated rings. The normalized spacial score (nSPS) is 15.8. The standard InChI is InChI=1S/C14H12ClN3O/c15-11-4-2-1-3-10(11)14(6-7-14)13(19)18-12-5-8-16-9-17-12/h1-5,8-9H,6-7H2,(H,16,17,18,19). The third-order valence-electron chi connectivity index (χ3n) is 3.40. The lowest BCUT2D eigenvalue weighted by molar-refractivity contribution is -0.118. The molecule has 3 rings (SSSR count). The van der Waals surface area contributed by atoms with Crippen molar-refractivity contribution in [3.05, 3.63) is 53.4 Å². The van der Waals surface area contributed by atoms with Gasteiger partial charge in [-0.2, -0.15) is 0 Å². The Morgan fingerprint density at radius 2 is 2.05 bits per heavy atom. The van der Waals surface area contributed by atoms with Gasteiger partial charge in [0.05, 0.1) is 5.41 Å². The Morgan fingerprint density at radius 3 is 2.68 bits per heavy atom. The van der Waals surface area contributed by atoms with Crippen LogP contribution in [-0.4, -0.2) is 15.9 Å². The summed E-state index contributed by atoms with van der Waals surface area (Å²) in [5.41, 5.74) is 0.395. The molecule has 2 aromatic rings. The van der Waals surface area contributed by atoms with Crippen LogP contribution in [0.25, 0.3) is 0 Å². The van der Waals surface area contributed by atoms with Crippen LogP contribution in [0.5, 0.6) is 0 Å². The van der Waals surface area contributed by atoms with Gasteiger partial charge < -0.3 is 5.32 Å². The van der Waals surface area contributed by atoms with Crippen LogP contribution in [-0.2, 0) is 10.2 Å². The molecule has 0 saturated heterocycles. The van der Waals surface area contributed by atoms with Crippen molar-refractivity contribution in [2.24, 2.45) is 0 Å². The summed E-state index contributed by atoms with van der Waals surface area (Å²) in [6.07, 6.45) is 4.63. The molecule has 0 radical (unpaired) electrons. The highest BCUT2D eigenvalue weighted by molar-refractivity contribution is 6.32. The van der Waals surface area contributed by atoms with Gasteiger partial charge in [-0.15, -0.1) is 0 Å². The summed E-state index contributed by atoms with van der Waals surface area (Å²) < 4.78 is 0. The zero-order chi connectivity index (χ0) is 13.3. The first-order valence-corrected chi connectivity index (χ1v) is 6.43. The molecule has 1 aromatic heterocycles. The molecule has 1 aliphatic rings. The molecule has 0 unspecified atom stereocenters. The summed E-state index contributed by atoms with van der Waals surface area (Å²) in [7, 11) is 0. The van der Waals surface area contributed by atoms with E-state index in [0.717, 1.165) is 18.4 Å². The summed E-state index contributed by atoms with van der Waals surface area (Å²) >= 11 is 6.19. The second kappa shape index (κ2) is 4.63. The molecule has 1 N–H and O–H groups in total. The van der Waals surface area contributed by atoms with Crippen LogP contribution in [0, 0.1) is 0 Å². The number of amides is 1. The van der Waals surface area contributed by atoms with Crippen LogP contribution in [0.3, 0.4) is 0 Å². The fourth-order valence-corrected chi connectivity index (χ4v) is 2.51. The number of carbonyl (C=O) groups excluding carboxylic acids is 1. The minimum atomic E-state index is -0.497. The minimum absolute atomic E-state index is 0.0562. The van der Waals surface area contributed by atoms with Gasteiger partial charge in [0.25, 0.3) is 0 Å². The summed E-state index contributed by atoms with van der Waals surface area (Å²) in [4.78, 5) is 20.2. The van der Waals surface area contributed by atoms with Gasteiger partial charge in [0.2, 0.25) is 5.91 Å². The number of anilines is 1. The van der Waals surface area contributed by atoms with E-state index in [0.29, 0.717) is 10.8 Å². The molecule has 0 spiro atoms. The quantitative estimate of drug-likeness (QED) is 0.936. The smallest absolute Gasteiger partial charge is 0.236 e. The highest BCUT2D eigenvalue weighted by Gasteiger charge is 2.52. The summed E-state index contributed by atoms with van der Waals surface area (Å²) in [5, 5.41) is 3.46. The fraction of sp³-hybridized carbons (Fsp3) is 0.214. The summed E-state index contributed by atoms with van der Waals surface area (Å²) in [6, 6.07) is 9.16. The van der Waals surface area contributed by atoms with Crippen molar-refractivity contribution in [2.75, 3.05) is 5.32 Å². The first-order valence-electron chi connectivity index (χ1n) is 6.05. The molecule has 0 atom stereocenters. The van der Waals surface area contributed by atoms with Gasteiger partial charge >= 0.3 is 0 Å². The largest absolute Gasteiger partial charge is 0.310 e. The Kier molecular flexibility index (Phi) is 2.95. The maximum absolute atomic E-state index is 12.4. The number of halogens is 1. The lowest BCUT2D eigenvalue weighted by Crippen LogP contribution is -2.28. The molecule has 96 valence electrons. The number of aromatic nitrogens is 2. The van der Waals surface area contributed by atoms with Crippen molar-refractivity contribution in [1.29, 1.82) is 0 Å². The SMILES string of the molecule is O=C(Nc1ccncn1)C1(c2ccccc2Cl)CC1. The van der Waals surface area contributed by atoms with E-state index in [4.69, 9.17) is 11.6 Å². The zero-order valence-corrected chi connectivity index (χ0v) is 10.9. The molecule has 1 amide bonds. The van der Waals surface area contributed by atoms with Gasteiger partial charge in [-0.3, -0.25) is 4.79 Å². The average Bonchev–Trinajstić information content (AvgIpc) is 3.22. The van der Waals surface area contributed by atoms with Gasteiger partial charge in [0, 0.05) is 11.2 Å². The van der Waals surface area contributed by atoms with Crippen LogP contribution in [0.4, 0.5) is 5.82 Å². The number of rotatable bonds is 3. The molecule has 1 saturated carbocycles. The van der Waals surface area contributed by atoms with Gasteiger partial charge in [-0.05, 0) is 30.5 Å². The molecule has 1 aromatic carbocycles. The number of hydrogen-bond acceptors (Lipinski definition) is 3. The van der Waals surface area contributed by atoms with Crippen molar-refractivity contribution in [3.63, 3.8) is 0 Å². The second-order valence-electron chi connectivity index (χ2n) is 4.61. The highest BCUT2D eigenvalue weighted by Crippen LogP contribution is 2.51. The molecule has 5 heteroatoms. The van der Waals surface area contributed by atoms with Gasteiger partial charge in [0.15, 0.2) is 0 Å². The Hall–Kier alpha value is -1.94. The molecule has 19 heavy (non-hydrogen) atoms. The van der Waals surface area contributed by atoms with E-state index in [1.807, 2.05) is 24.3 Å². The number of hydrogen-bond donors (Lipinski definition) is 1. The van der Waals surface area contributed by atoms with Crippen molar-refractivity contribution in [2.45, 2.75) is 18.3 Å². The second-order valence-corrected chi connectivity index (χ2v) is 5.02. The number of benzene rings is 1. The first-order chi connectivity index (χ1) is 9.22. The molecule has 1 aliphatic carbocycles. The monoisotopic (exact) mass is 273 g/mol. The first kappa shape index (κ1) is 12.1. The lowest BCUT2D eigenvalue weighted by atomic mass is 9.95. The minimum Gasteiger partial charge on any atom is -0.310 e. The van der Waals surface area contributed by atoms with Gasteiger partial charge in [0.1, 0.15) is 12.1 Å². The van der Waals surface area contributed by atoms with Crippen molar-refractivity contribution in [1.82, 2.24) is 9.97 Å². The van der Waals surface area contributed by atoms with E-state index in [-0.39, 0.29) is 5.91 Å². The molecular weight excluding hydrogens is 262 g/mol. The zero-order valence-electron chi connectivity index (χ0n) is 10.1. The number of carbonyl (C=O) groups is 1. The predicted molar refractivity (Wildman–Crippen MR) is 73.0 cm³/mol. The topological polar surface area (TPSA) is 54.9 Å². The van der Waals surface area contributed by atoms with Gasteiger partial charge in [-0.25, -0.2) is 9.97 Å². The van der Waals surface area contributed by atoms with Gasteiger partial charge in [-0.1, -0.05) is 29.8 Å². The predicted octanol–water partition coefficient (Wildman–Crippen LogP) is 2.80. The van der Waals surface area contributed by atoms with Crippen LogP contribution >= 0.6 is 11.6 Å². The third kappa shape index (κ3) is 2.19. The molecule has 0 aliphatic heterocycles. The van der Waals surface area contributed by atoms with Crippen LogP contribution < -0.4 is 5.32 Å². The van der Waals surface area contributed by atoms with E-state index in [1.54, 1.807) is 12.3 Å². The van der Waals surface area contributed by atoms with Crippen molar-refractivity contribution >= 4 is 23.3 Å². The van der Waals surface area contributed by atoms with Crippen molar-refractivity contribution < 1.29 is 4.79 Å². The molecular formula is C14H12ClN3O. The third-order valence-corrected chi connectivity index (χ3v) is 3.73. The highest BCUT2D eigenvalue weighted by atomic mass is 35.5. The summed E-state index contributed by atoms with van der Waals surface area (Å²) in [6.45, 7) is 0. The molecule has 1 heterocycles. The van der Waals surface area contributed by atoms with E-state index in [9.17, 15) is 4.79 Å². The fourth-order valence-electron chi connectivity index (χ4n) is 2.19. The van der Waals surface area contributed by atoms with Crippen LogP contribution in [0.15, 0.2) is 42.9 Å². The number of nitrogens with zero attached hydrogens (tertiary/aromatic N) is 2. The van der Waals surface area contributed by atoms with E-state index in [2.05, 4.69) is 15.3 Å².